The van der Waals surface area contributed by atoms with Crippen LogP contribution < -0.4 is 15.4 Å². The van der Waals surface area contributed by atoms with Gasteiger partial charge in [-0.15, -0.1) is 0 Å². The molecular weight excluding hydrogens is 522 g/mol. The molecule has 2 heterocycles. The van der Waals surface area contributed by atoms with E-state index in [0.29, 0.717) is 32.1 Å². The zero-order chi connectivity index (χ0) is 29.0. The summed E-state index contributed by atoms with van der Waals surface area (Å²) in [5, 5.41) is 5.38. The monoisotopic (exact) mass is 563 g/mol. The van der Waals surface area contributed by atoms with Gasteiger partial charge in [0.25, 0.3) is 11.8 Å². The van der Waals surface area contributed by atoms with Crippen molar-refractivity contribution in [2.75, 3.05) is 31.7 Å². The molecule has 0 aliphatic carbocycles. The van der Waals surface area contributed by atoms with Crippen LogP contribution in [-0.2, 0) is 20.7 Å². The van der Waals surface area contributed by atoms with Crippen molar-refractivity contribution in [1.82, 2.24) is 10.2 Å². The smallest absolute Gasteiger partial charge is 0.264 e. The number of piperidine rings is 1. The van der Waals surface area contributed by atoms with Crippen LogP contribution in [0.25, 0.3) is 0 Å². The highest BCUT2D eigenvalue weighted by Crippen LogP contribution is 2.32. The van der Waals surface area contributed by atoms with Crippen LogP contribution in [0.2, 0.25) is 0 Å². The van der Waals surface area contributed by atoms with E-state index in [-0.39, 0.29) is 24.0 Å². The molecule has 0 radical (unpaired) electrons. The zero-order valence-corrected chi connectivity index (χ0v) is 23.9. The SMILES string of the molecule is CCCCCCCCCc1ccc(OCCOCCNc2cccc3c2C(=O)N(C2CCC(=O)NC2=O)C3=O)cc1. The number of aryl methyl sites for hydroxylation is 1. The Labute approximate surface area is 242 Å². The maximum absolute atomic E-state index is 13.1. The fraction of sp³-hybridized carbons (Fsp3) is 0.500. The Balaban J connectivity index is 1.13. The molecule has 0 saturated carbocycles. The quantitative estimate of drug-likeness (QED) is 0.208. The lowest BCUT2D eigenvalue weighted by molar-refractivity contribution is -0.136. The normalized spacial score (nSPS) is 16.6. The van der Waals surface area contributed by atoms with E-state index < -0.39 is 29.7 Å². The van der Waals surface area contributed by atoms with Gasteiger partial charge < -0.3 is 14.8 Å². The summed E-state index contributed by atoms with van der Waals surface area (Å²) in [5.74, 6) is -1.27. The first-order valence-corrected chi connectivity index (χ1v) is 14.9. The minimum Gasteiger partial charge on any atom is -0.491 e. The molecular formula is C32H41N3O6. The number of imide groups is 2. The average Bonchev–Trinajstić information content (AvgIpc) is 3.22. The number of ether oxygens (including phenoxy) is 2. The molecule has 9 heteroatoms. The fourth-order valence-electron chi connectivity index (χ4n) is 5.28. The van der Waals surface area contributed by atoms with Gasteiger partial charge in [0.1, 0.15) is 18.4 Å². The van der Waals surface area contributed by atoms with E-state index in [1.54, 1.807) is 18.2 Å². The van der Waals surface area contributed by atoms with Gasteiger partial charge in [-0.3, -0.25) is 29.4 Å². The van der Waals surface area contributed by atoms with E-state index in [2.05, 4.69) is 29.7 Å². The third-order valence-electron chi connectivity index (χ3n) is 7.52. The van der Waals surface area contributed by atoms with Crippen molar-refractivity contribution >= 4 is 29.3 Å². The molecule has 2 N–H and O–H groups in total. The number of anilines is 1. The first-order chi connectivity index (χ1) is 20.0. The summed E-state index contributed by atoms with van der Waals surface area (Å²) in [6.07, 6.45) is 10.5. The highest BCUT2D eigenvalue weighted by atomic mass is 16.5. The molecule has 2 aromatic carbocycles. The summed E-state index contributed by atoms with van der Waals surface area (Å²) >= 11 is 0. The molecule has 0 spiro atoms. The van der Waals surface area contributed by atoms with Gasteiger partial charge in [0, 0.05) is 18.7 Å². The summed E-state index contributed by atoms with van der Waals surface area (Å²) < 4.78 is 11.5. The molecule has 1 unspecified atom stereocenters. The number of nitrogens with one attached hydrogen (secondary N) is 2. The summed E-state index contributed by atoms with van der Waals surface area (Å²) in [6.45, 7) is 3.88. The number of hydrogen-bond acceptors (Lipinski definition) is 7. The highest BCUT2D eigenvalue weighted by Gasteiger charge is 2.45. The molecule has 4 rings (SSSR count). The third-order valence-corrected chi connectivity index (χ3v) is 7.52. The Morgan fingerprint density at radius 2 is 1.63 bits per heavy atom. The number of rotatable bonds is 17. The molecule has 1 atom stereocenters. The van der Waals surface area contributed by atoms with Gasteiger partial charge >= 0.3 is 0 Å². The second kappa shape index (κ2) is 15.3. The van der Waals surface area contributed by atoms with Gasteiger partial charge in [-0.25, -0.2) is 0 Å². The van der Waals surface area contributed by atoms with Crippen molar-refractivity contribution in [3.05, 3.63) is 59.2 Å². The van der Waals surface area contributed by atoms with Crippen molar-refractivity contribution < 1.29 is 28.7 Å². The van der Waals surface area contributed by atoms with Crippen molar-refractivity contribution in [3.63, 3.8) is 0 Å². The Kier molecular flexibility index (Phi) is 11.3. The van der Waals surface area contributed by atoms with E-state index in [1.165, 1.54) is 50.5 Å². The summed E-state index contributed by atoms with van der Waals surface area (Å²) in [6, 6.07) is 12.3. The molecule has 41 heavy (non-hydrogen) atoms. The number of nitrogens with zero attached hydrogens (tertiary/aromatic N) is 1. The second-order valence-corrected chi connectivity index (χ2v) is 10.6. The molecule has 220 valence electrons. The lowest BCUT2D eigenvalue weighted by atomic mass is 10.0. The predicted molar refractivity (Wildman–Crippen MR) is 156 cm³/mol. The lowest BCUT2D eigenvalue weighted by Crippen LogP contribution is -2.54. The Bertz CT molecular complexity index is 1210. The van der Waals surface area contributed by atoms with Crippen LogP contribution in [0, 0.1) is 0 Å². The van der Waals surface area contributed by atoms with Crippen LogP contribution in [0.1, 0.15) is 91.0 Å². The van der Waals surface area contributed by atoms with Crippen molar-refractivity contribution in [2.24, 2.45) is 0 Å². The van der Waals surface area contributed by atoms with Gasteiger partial charge in [0.15, 0.2) is 0 Å². The van der Waals surface area contributed by atoms with Crippen molar-refractivity contribution in [1.29, 1.82) is 0 Å². The van der Waals surface area contributed by atoms with E-state index in [4.69, 9.17) is 9.47 Å². The maximum Gasteiger partial charge on any atom is 0.264 e. The summed E-state index contributed by atoms with van der Waals surface area (Å²) in [4.78, 5) is 50.8. The van der Waals surface area contributed by atoms with Gasteiger partial charge in [0.2, 0.25) is 11.8 Å². The number of carbonyl (C=O) groups is 4. The van der Waals surface area contributed by atoms with Crippen LogP contribution in [0.15, 0.2) is 42.5 Å². The Morgan fingerprint density at radius 3 is 2.39 bits per heavy atom. The van der Waals surface area contributed by atoms with E-state index in [1.807, 2.05) is 12.1 Å². The van der Waals surface area contributed by atoms with Crippen LogP contribution in [0.4, 0.5) is 5.69 Å². The van der Waals surface area contributed by atoms with Crippen molar-refractivity contribution in [2.45, 2.75) is 77.2 Å². The van der Waals surface area contributed by atoms with Crippen molar-refractivity contribution in [3.8, 4) is 5.75 Å². The van der Waals surface area contributed by atoms with Gasteiger partial charge in [-0.2, -0.15) is 0 Å². The van der Waals surface area contributed by atoms with Gasteiger partial charge in [-0.1, -0.05) is 63.6 Å². The van der Waals surface area contributed by atoms with Crippen LogP contribution in [-0.4, -0.2) is 60.9 Å². The van der Waals surface area contributed by atoms with Gasteiger partial charge in [0.05, 0.1) is 24.3 Å². The van der Waals surface area contributed by atoms with Gasteiger partial charge in [-0.05, 0) is 49.1 Å². The highest BCUT2D eigenvalue weighted by molar-refractivity contribution is 6.25. The summed E-state index contributed by atoms with van der Waals surface area (Å²) in [7, 11) is 0. The molecule has 0 bridgehead atoms. The molecule has 0 aromatic heterocycles. The number of unbranched alkanes of at least 4 members (excludes halogenated alkanes) is 6. The minimum atomic E-state index is -0.988. The zero-order valence-electron chi connectivity index (χ0n) is 23.9. The van der Waals surface area contributed by atoms with Crippen LogP contribution in [0.3, 0.4) is 0 Å². The summed E-state index contributed by atoms with van der Waals surface area (Å²) in [5.41, 5.74) is 2.32. The predicted octanol–water partition coefficient (Wildman–Crippen LogP) is 4.89. The van der Waals surface area contributed by atoms with E-state index in [9.17, 15) is 19.2 Å². The Morgan fingerprint density at radius 1 is 0.878 bits per heavy atom. The van der Waals surface area contributed by atoms with Crippen LogP contribution in [0.5, 0.6) is 5.75 Å². The molecule has 1 fully saturated rings. The second-order valence-electron chi connectivity index (χ2n) is 10.6. The molecule has 2 aromatic rings. The standard InChI is InChI=1S/C32H41N3O6/c1-2-3-4-5-6-7-8-10-23-13-15-24(16-14-23)41-22-21-40-20-19-33-26-12-9-11-25-29(26)32(39)35(31(25)38)27-17-18-28(36)34-30(27)37/h9,11-16,27,33H,2-8,10,17-22H2,1H3,(H,34,36,37). The third kappa shape index (κ3) is 8.16. The Hall–Kier alpha value is -3.72. The molecule has 1 saturated heterocycles. The van der Waals surface area contributed by atoms with Crippen LogP contribution >= 0.6 is 0 Å². The maximum atomic E-state index is 13.1. The average molecular weight is 564 g/mol. The van der Waals surface area contributed by atoms with E-state index >= 15 is 0 Å². The molecule has 9 nitrogen and oxygen atoms in total. The number of benzene rings is 2. The molecule has 2 aliphatic heterocycles. The van der Waals surface area contributed by atoms with E-state index in [0.717, 1.165) is 17.1 Å². The minimum absolute atomic E-state index is 0.0839. The first-order valence-electron chi connectivity index (χ1n) is 14.9. The fourth-order valence-corrected chi connectivity index (χ4v) is 5.28. The molecule has 4 amide bonds. The first kappa shape index (κ1) is 30.2. The number of amides is 4. The lowest BCUT2D eigenvalue weighted by Gasteiger charge is -2.27. The number of carbonyl (C=O) groups excluding carboxylic acids is 4. The largest absolute Gasteiger partial charge is 0.491 e. The number of hydrogen-bond donors (Lipinski definition) is 2. The molecule has 2 aliphatic rings. The topological polar surface area (TPSA) is 114 Å². The number of fused-ring (bicyclic) bond motifs is 1.